The average Bonchev–Trinajstić information content (AvgIpc) is 2.43. The van der Waals surface area contributed by atoms with Gasteiger partial charge >= 0.3 is 12.2 Å². The first-order valence-corrected chi connectivity index (χ1v) is 8.20. The highest BCUT2D eigenvalue weighted by molar-refractivity contribution is 6.08. The second kappa shape index (κ2) is 7.80. The molecule has 0 fully saturated rings. The second-order valence-electron chi connectivity index (χ2n) is 7.62. The van der Waals surface area contributed by atoms with Crippen LogP contribution in [0.1, 0.15) is 66.6 Å². The molecule has 0 aromatic carbocycles. The average molecular weight is 354 g/mol. The van der Waals surface area contributed by atoms with Gasteiger partial charge in [-0.15, -0.1) is 0 Å². The molecule has 0 aliphatic rings. The molecule has 0 bridgehead atoms. The zero-order chi connectivity index (χ0) is 19.4. The number of hydrogen-bond donors (Lipinski definition) is 0. The maximum absolute atomic E-state index is 14.0. The molecule has 1 aromatic rings. The van der Waals surface area contributed by atoms with Crippen molar-refractivity contribution >= 4 is 18.0 Å². The molecule has 7 heteroatoms. The number of nitrogens with zero attached hydrogens (tertiary/aromatic N) is 2. The summed E-state index contributed by atoms with van der Waals surface area (Å²) in [6.07, 6.45) is -1.48. The third-order valence-corrected chi connectivity index (χ3v) is 2.87. The van der Waals surface area contributed by atoms with Crippen molar-refractivity contribution in [3.63, 3.8) is 0 Å². The van der Waals surface area contributed by atoms with E-state index in [0.717, 1.165) is 0 Å². The van der Waals surface area contributed by atoms with Crippen LogP contribution in [0.5, 0.6) is 0 Å². The van der Waals surface area contributed by atoms with Crippen LogP contribution in [-0.4, -0.2) is 28.4 Å². The van der Waals surface area contributed by atoms with E-state index in [1.165, 1.54) is 18.3 Å². The predicted molar refractivity (Wildman–Crippen MR) is 93.3 cm³/mol. The van der Waals surface area contributed by atoms with Gasteiger partial charge in [0.15, 0.2) is 0 Å². The third kappa shape index (κ3) is 6.68. The Morgan fingerprint density at radius 3 is 2.00 bits per heavy atom. The molecule has 0 aliphatic carbocycles. The van der Waals surface area contributed by atoms with E-state index in [0.29, 0.717) is 10.5 Å². The molecule has 0 radical (unpaired) electrons. The van der Waals surface area contributed by atoms with Gasteiger partial charge in [-0.3, -0.25) is 0 Å². The van der Waals surface area contributed by atoms with Gasteiger partial charge in [-0.2, -0.15) is 4.90 Å². The van der Waals surface area contributed by atoms with E-state index < -0.39 is 29.6 Å². The van der Waals surface area contributed by atoms with E-state index in [9.17, 15) is 14.0 Å². The van der Waals surface area contributed by atoms with Crippen LogP contribution in [0.3, 0.4) is 0 Å². The number of hydrogen-bond acceptors (Lipinski definition) is 5. The van der Waals surface area contributed by atoms with Crippen LogP contribution < -0.4 is 4.90 Å². The number of carbonyl (C=O) groups is 2. The lowest BCUT2D eigenvalue weighted by atomic mass is 10.1. The molecule has 1 aromatic heterocycles. The van der Waals surface area contributed by atoms with Crippen molar-refractivity contribution in [1.29, 1.82) is 0 Å². The third-order valence-electron chi connectivity index (χ3n) is 2.87. The molecule has 1 unspecified atom stereocenters. The number of aromatic nitrogens is 1. The Morgan fingerprint density at radius 1 is 1.12 bits per heavy atom. The molecule has 0 N–H and O–H groups in total. The molecule has 1 rings (SSSR count). The van der Waals surface area contributed by atoms with Gasteiger partial charge in [-0.25, -0.2) is 19.0 Å². The van der Waals surface area contributed by atoms with Gasteiger partial charge < -0.3 is 9.47 Å². The first kappa shape index (κ1) is 20.9. The topological polar surface area (TPSA) is 68.7 Å². The molecule has 0 saturated carbocycles. The zero-order valence-electron chi connectivity index (χ0n) is 15.9. The number of alkyl halides is 1. The number of rotatable bonds is 3. The fourth-order valence-electron chi connectivity index (χ4n) is 1.86. The summed E-state index contributed by atoms with van der Waals surface area (Å²) in [5.74, 6) is -0.0444. The van der Waals surface area contributed by atoms with Crippen molar-refractivity contribution in [2.45, 2.75) is 72.3 Å². The largest absolute Gasteiger partial charge is 0.443 e. The molecule has 1 atom stereocenters. The number of ether oxygens (including phenoxy) is 2. The molecule has 0 spiro atoms. The van der Waals surface area contributed by atoms with E-state index in [1.807, 2.05) is 0 Å². The van der Waals surface area contributed by atoms with E-state index in [2.05, 4.69) is 4.98 Å². The fourth-order valence-corrected chi connectivity index (χ4v) is 1.86. The van der Waals surface area contributed by atoms with E-state index >= 15 is 0 Å². The molecular weight excluding hydrogens is 327 g/mol. The fraction of sp³-hybridized carbons (Fsp3) is 0.611. The maximum atomic E-state index is 14.0. The van der Waals surface area contributed by atoms with Crippen LogP contribution in [0.2, 0.25) is 0 Å². The number of pyridine rings is 1. The van der Waals surface area contributed by atoms with Gasteiger partial charge in [0.1, 0.15) is 23.2 Å². The molecule has 2 amide bonds. The summed E-state index contributed by atoms with van der Waals surface area (Å²) in [6, 6.07) is 2.85. The second-order valence-corrected chi connectivity index (χ2v) is 7.62. The van der Waals surface area contributed by atoms with Crippen LogP contribution in [0.15, 0.2) is 18.3 Å². The van der Waals surface area contributed by atoms with Crippen LogP contribution in [0.4, 0.5) is 19.8 Å². The van der Waals surface area contributed by atoms with Gasteiger partial charge in [-0.1, -0.05) is 6.92 Å². The van der Waals surface area contributed by atoms with Crippen LogP contribution in [0, 0.1) is 0 Å². The number of imide groups is 1. The number of halogens is 1. The van der Waals surface area contributed by atoms with Crippen molar-refractivity contribution in [3.05, 3.63) is 23.9 Å². The highest BCUT2D eigenvalue weighted by atomic mass is 19.1. The Kier molecular flexibility index (Phi) is 6.51. The van der Waals surface area contributed by atoms with Crippen molar-refractivity contribution in [3.8, 4) is 0 Å². The van der Waals surface area contributed by atoms with Crippen LogP contribution in [-0.2, 0) is 9.47 Å². The smallest absolute Gasteiger partial charge is 0.425 e. The minimum Gasteiger partial charge on any atom is -0.443 e. The highest BCUT2D eigenvalue weighted by Gasteiger charge is 2.33. The summed E-state index contributed by atoms with van der Waals surface area (Å²) >= 11 is 0. The summed E-state index contributed by atoms with van der Waals surface area (Å²) < 4.78 is 24.5. The summed E-state index contributed by atoms with van der Waals surface area (Å²) in [7, 11) is 0. The van der Waals surface area contributed by atoms with E-state index in [4.69, 9.17) is 9.47 Å². The van der Waals surface area contributed by atoms with Gasteiger partial charge in [0.2, 0.25) is 0 Å². The Labute approximate surface area is 148 Å². The molecule has 6 nitrogen and oxygen atoms in total. The lowest BCUT2D eigenvalue weighted by Crippen LogP contribution is -2.44. The molecule has 25 heavy (non-hydrogen) atoms. The van der Waals surface area contributed by atoms with Gasteiger partial charge in [0.25, 0.3) is 0 Å². The summed E-state index contributed by atoms with van der Waals surface area (Å²) in [4.78, 5) is 29.7. The van der Waals surface area contributed by atoms with Crippen molar-refractivity contribution in [2.75, 3.05) is 4.90 Å². The standard InChI is InChI=1S/C18H27FN2O4/c1-8-13(19)12-9-10-20-14(11-12)21(15(22)24-17(2,3)4)16(23)25-18(5,6)7/h9-11,13H,8H2,1-7H3. The molecular formula is C18H27FN2O4. The minimum absolute atomic E-state index is 0.0444. The summed E-state index contributed by atoms with van der Waals surface area (Å²) in [5, 5.41) is 0. The maximum Gasteiger partial charge on any atom is 0.425 e. The monoisotopic (exact) mass is 354 g/mol. The first-order chi connectivity index (χ1) is 11.3. The zero-order valence-corrected chi connectivity index (χ0v) is 15.9. The predicted octanol–water partition coefficient (Wildman–Crippen LogP) is 5.18. The molecule has 140 valence electrons. The first-order valence-electron chi connectivity index (χ1n) is 8.20. The molecule has 0 aliphatic heterocycles. The van der Waals surface area contributed by atoms with Crippen molar-refractivity contribution in [2.24, 2.45) is 0 Å². The number of carbonyl (C=O) groups excluding carboxylic acids is 2. The number of amides is 2. The van der Waals surface area contributed by atoms with Crippen LogP contribution in [0.25, 0.3) is 0 Å². The SMILES string of the molecule is CCC(F)c1ccnc(N(C(=O)OC(C)(C)C)C(=O)OC(C)(C)C)c1. The summed E-state index contributed by atoms with van der Waals surface area (Å²) in [5.41, 5.74) is -1.31. The normalized spacial score (nSPS) is 13.1. The Balaban J connectivity index is 3.26. The van der Waals surface area contributed by atoms with Crippen molar-refractivity contribution < 1.29 is 23.5 Å². The van der Waals surface area contributed by atoms with Gasteiger partial charge in [0.05, 0.1) is 0 Å². The van der Waals surface area contributed by atoms with Gasteiger partial charge in [-0.05, 0) is 65.7 Å². The van der Waals surface area contributed by atoms with Gasteiger partial charge in [0, 0.05) is 6.20 Å². The van der Waals surface area contributed by atoms with Crippen molar-refractivity contribution in [1.82, 2.24) is 4.98 Å². The Bertz CT molecular complexity index is 592. The van der Waals surface area contributed by atoms with E-state index in [-0.39, 0.29) is 12.2 Å². The highest BCUT2D eigenvalue weighted by Crippen LogP contribution is 2.26. The quantitative estimate of drug-likeness (QED) is 0.748. The van der Waals surface area contributed by atoms with E-state index in [1.54, 1.807) is 48.5 Å². The minimum atomic E-state index is -1.22. The van der Waals surface area contributed by atoms with Crippen LogP contribution >= 0.6 is 0 Å². The lowest BCUT2D eigenvalue weighted by molar-refractivity contribution is 0.0429. The molecule has 0 saturated heterocycles. The number of anilines is 1. The Hall–Kier alpha value is -2.18. The lowest BCUT2D eigenvalue weighted by Gasteiger charge is -2.28. The molecule has 1 heterocycles. The Morgan fingerprint density at radius 2 is 1.60 bits per heavy atom. The summed E-state index contributed by atoms with van der Waals surface area (Å²) in [6.45, 7) is 11.8.